The summed E-state index contributed by atoms with van der Waals surface area (Å²) in [5, 5.41) is 18.0. The Balaban J connectivity index is 2.32. The van der Waals surface area contributed by atoms with E-state index < -0.39 is 24.3 Å². The first kappa shape index (κ1) is 12.5. The number of carboxylic acid groups (broad SMARTS) is 1. The Bertz CT molecular complexity index is 503. The fourth-order valence-corrected chi connectivity index (χ4v) is 2.05. The molecule has 1 aromatic rings. The van der Waals surface area contributed by atoms with Crippen molar-refractivity contribution in [2.75, 3.05) is 11.4 Å². The first-order valence-corrected chi connectivity index (χ1v) is 5.45. The standard InChI is InChI=1S/C12H12FNO4/c13-9-1-2-10(8(3-9)6-15)14-5-7(12(17)18)4-11(14)16/h1-3,7,15H,4-6H2,(H,17,18). The summed E-state index contributed by atoms with van der Waals surface area (Å²) in [4.78, 5) is 23.9. The van der Waals surface area contributed by atoms with Crippen molar-refractivity contribution in [3.63, 3.8) is 0 Å². The number of carboxylic acids is 1. The Morgan fingerprint density at radius 2 is 2.22 bits per heavy atom. The maximum atomic E-state index is 13.0. The fraction of sp³-hybridized carbons (Fsp3) is 0.333. The van der Waals surface area contributed by atoms with Crippen LogP contribution in [0.3, 0.4) is 0 Å². The van der Waals surface area contributed by atoms with Gasteiger partial charge < -0.3 is 15.1 Å². The van der Waals surface area contributed by atoms with E-state index in [1.165, 1.54) is 17.0 Å². The van der Waals surface area contributed by atoms with Crippen LogP contribution in [0.25, 0.3) is 0 Å². The number of rotatable bonds is 3. The molecule has 1 heterocycles. The van der Waals surface area contributed by atoms with Crippen molar-refractivity contribution in [1.82, 2.24) is 0 Å². The van der Waals surface area contributed by atoms with E-state index in [4.69, 9.17) is 10.2 Å². The van der Waals surface area contributed by atoms with Crippen LogP contribution in [0.5, 0.6) is 0 Å². The average Bonchev–Trinajstić information content (AvgIpc) is 2.71. The zero-order chi connectivity index (χ0) is 13.3. The van der Waals surface area contributed by atoms with Gasteiger partial charge in [-0.1, -0.05) is 0 Å². The third kappa shape index (κ3) is 2.19. The summed E-state index contributed by atoms with van der Waals surface area (Å²) in [5.41, 5.74) is 0.641. The van der Waals surface area contributed by atoms with Crippen LogP contribution in [0.2, 0.25) is 0 Å². The van der Waals surface area contributed by atoms with Gasteiger partial charge in [0, 0.05) is 24.2 Å². The molecule has 18 heavy (non-hydrogen) atoms. The number of aliphatic carboxylic acids is 1. The van der Waals surface area contributed by atoms with Gasteiger partial charge in [0.2, 0.25) is 5.91 Å². The molecule has 0 radical (unpaired) electrons. The van der Waals surface area contributed by atoms with Gasteiger partial charge in [0.05, 0.1) is 12.5 Å². The first-order valence-electron chi connectivity index (χ1n) is 5.45. The fourth-order valence-electron chi connectivity index (χ4n) is 2.05. The number of nitrogens with zero attached hydrogens (tertiary/aromatic N) is 1. The van der Waals surface area contributed by atoms with E-state index in [2.05, 4.69) is 0 Å². The van der Waals surface area contributed by atoms with Crippen LogP contribution < -0.4 is 4.90 Å². The highest BCUT2D eigenvalue weighted by Gasteiger charge is 2.35. The minimum absolute atomic E-state index is 0.0484. The summed E-state index contributed by atoms with van der Waals surface area (Å²) >= 11 is 0. The quantitative estimate of drug-likeness (QED) is 0.833. The minimum Gasteiger partial charge on any atom is -0.481 e. The smallest absolute Gasteiger partial charge is 0.308 e. The van der Waals surface area contributed by atoms with Crippen molar-refractivity contribution < 1.29 is 24.2 Å². The molecule has 6 heteroatoms. The lowest BCUT2D eigenvalue weighted by molar-refractivity contribution is -0.141. The molecule has 0 spiro atoms. The van der Waals surface area contributed by atoms with Crippen LogP contribution in [-0.2, 0) is 16.2 Å². The molecule has 1 amide bonds. The number of aliphatic hydroxyl groups excluding tert-OH is 1. The van der Waals surface area contributed by atoms with E-state index >= 15 is 0 Å². The number of carbonyl (C=O) groups is 2. The predicted molar refractivity (Wildman–Crippen MR) is 60.4 cm³/mol. The molecular weight excluding hydrogens is 241 g/mol. The van der Waals surface area contributed by atoms with Crippen molar-refractivity contribution in [3.05, 3.63) is 29.6 Å². The summed E-state index contributed by atoms with van der Waals surface area (Å²) in [7, 11) is 0. The zero-order valence-electron chi connectivity index (χ0n) is 9.47. The van der Waals surface area contributed by atoms with Gasteiger partial charge in [0.25, 0.3) is 0 Å². The molecule has 1 aliphatic heterocycles. The molecule has 1 saturated heterocycles. The number of benzene rings is 1. The number of anilines is 1. The second-order valence-corrected chi connectivity index (χ2v) is 4.17. The number of aliphatic hydroxyl groups is 1. The molecule has 1 aliphatic rings. The third-order valence-electron chi connectivity index (χ3n) is 2.98. The maximum Gasteiger partial charge on any atom is 0.308 e. The van der Waals surface area contributed by atoms with Crippen LogP contribution in [-0.4, -0.2) is 28.6 Å². The Morgan fingerprint density at radius 3 is 2.78 bits per heavy atom. The predicted octanol–water partition coefficient (Wildman–Crippen LogP) is 0.756. The normalized spacial score (nSPS) is 19.3. The highest BCUT2D eigenvalue weighted by Crippen LogP contribution is 2.28. The molecule has 2 rings (SSSR count). The van der Waals surface area contributed by atoms with Crippen LogP contribution >= 0.6 is 0 Å². The second-order valence-electron chi connectivity index (χ2n) is 4.17. The van der Waals surface area contributed by atoms with Crippen LogP contribution in [0.1, 0.15) is 12.0 Å². The molecule has 1 fully saturated rings. The van der Waals surface area contributed by atoms with Crippen molar-refractivity contribution in [3.8, 4) is 0 Å². The minimum atomic E-state index is -1.03. The maximum absolute atomic E-state index is 13.0. The van der Waals surface area contributed by atoms with Crippen molar-refractivity contribution in [2.24, 2.45) is 5.92 Å². The molecule has 5 nitrogen and oxygen atoms in total. The monoisotopic (exact) mass is 253 g/mol. The van der Waals surface area contributed by atoms with Crippen molar-refractivity contribution in [2.45, 2.75) is 13.0 Å². The summed E-state index contributed by atoms with van der Waals surface area (Å²) in [5.74, 6) is -2.62. The average molecular weight is 253 g/mol. The van der Waals surface area contributed by atoms with E-state index in [1.807, 2.05) is 0 Å². The highest BCUT2D eigenvalue weighted by atomic mass is 19.1. The van der Waals surface area contributed by atoms with Crippen LogP contribution in [0, 0.1) is 11.7 Å². The molecule has 1 atom stereocenters. The topological polar surface area (TPSA) is 77.8 Å². The van der Waals surface area contributed by atoms with E-state index in [9.17, 15) is 14.0 Å². The SMILES string of the molecule is O=C(O)C1CC(=O)N(c2ccc(F)cc2CO)C1. The number of halogens is 1. The number of amides is 1. The Kier molecular flexibility index (Phi) is 3.29. The Labute approximate surface area is 102 Å². The van der Waals surface area contributed by atoms with Gasteiger partial charge in [0.15, 0.2) is 0 Å². The molecule has 0 saturated carbocycles. The second kappa shape index (κ2) is 4.73. The molecule has 2 N–H and O–H groups in total. The molecule has 0 bridgehead atoms. The summed E-state index contributed by atoms with van der Waals surface area (Å²) in [6, 6.07) is 3.69. The zero-order valence-corrected chi connectivity index (χ0v) is 9.47. The molecule has 1 unspecified atom stereocenters. The molecule has 0 aliphatic carbocycles. The van der Waals surface area contributed by atoms with Crippen molar-refractivity contribution >= 4 is 17.6 Å². The lowest BCUT2D eigenvalue weighted by atomic mass is 10.1. The van der Waals surface area contributed by atoms with Gasteiger partial charge >= 0.3 is 5.97 Å². The van der Waals surface area contributed by atoms with Gasteiger partial charge in [-0.2, -0.15) is 0 Å². The highest BCUT2D eigenvalue weighted by molar-refractivity contribution is 5.99. The van der Waals surface area contributed by atoms with Crippen LogP contribution in [0.4, 0.5) is 10.1 Å². The van der Waals surface area contributed by atoms with E-state index in [1.54, 1.807) is 0 Å². The van der Waals surface area contributed by atoms with E-state index in [0.29, 0.717) is 5.69 Å². The van der Waals surface area contributed by atoms with Crippen LogP contribution in [0.15, 0.2) is 18.2 Å². The summed E-state index contributed by atoms with van der Waals surface area (Å²) in [6.07, 6.45) is -0.0718. The van der Waals surface area contributed by atoms with E-state index in [-0.39, 0.29) is 24.4 Å². The lowest BCUT2D eigenvalue weighted by Gasteiger charge is -2.19. The Morgan fingerprint density at radius 1 is 1.50 bits per heavy atom. The molecule has 0 aromatic heterocycles. The third-order valence-corrected chi connectivity index (χ3v) is 2.98. The van der Waals surface area contributed by atoms with Gasteiger partial charge in [-0.3, -0.25) is 9.59 Å². The number of hydrogen-bond acceptors (Lipinski definition) is 3. The first-order chi connectivity index (χ1) is 8.52. The van der Waals surface area contributed by atoms with Crippen molar-refractivity contribution in [1.29, 1.82) is 0 Å². The van der Waals surface area contributed by atoms with Gasteiger partial charge in [-0.05, 0) is 18.2 Å². The van der Waals surface area contributed by atoms with Gasteiger partial charge in [-0.15, -0.1) is 0 Å². The molecule has 1 aromatic carbocycles. The van der Waals surface area contributed by atoms with Gasteiger partial charge in [0.1, 0.15) is 5.82 Å². The summed E-state index contributed by atoms with van der Waals surface area (Å²) < 4.78 is 13.0. The molecular formula is C12H12FNO4. The lowest BCUT2D eigenvalue weighted by Crippen LogP contribution is -2.26. The molecule has 96 valence electrons. The number of carbonyl (C=O) groups excluding carboxylic acids is 1. The summed E-state index contributed by atoms with van der Waals surface area (Å²) in [6.45, 7) is -0.360. The van der Waals surface area contributed by atoms with E-state index in [0.717, 1.165) is 6.07 Å². The number of hydrogen-bond donors (Lipinski definition) is 2. The Hall–Kier alpha value is -1.95. The van der Waals surface area contributed by atoms with Gasteiger partial charge in [-0.25, -0.2) is 4.39 Å². The largest absolute Gasteiger partial charge is 0.481 e.